The molecule has 12 rings (SSSR count). The zero-order valence-corrected chi connectivity index (χ0v) is 54.6. The lowest BCUT2D eigenvalue weighted by Gasteiger charge is -2.49. The molecule has 3 saturated heterocycles. The van der Waals surface area contributed by atoms with Crippen molar-refractivity contribution in [3.05, 3.63) is 299 Å². The molecule has 0 bridgehead atoms. The first kappa shape index (κ1) is 71.4. The van der Waals surface area contributed by atoms with E-state index >= 15 is 4.79 Å². The molecular weight excluding hydrogens is 1330 g/mol. The topological polar surface area (TPSA) is 317 Å². The van der Waals surface area contributed by atoms with Gasteiger partial charge >= 0.3 is 41.8 Å². The number of rotatable bonds is 25. The first-order valence-corrected chi connectivity index (χ1v) is 32.7. The Kier molecular flexibility index (Phi) is 23.2. The van der Waals surface area contributed by atoms with Gasteiger partial charge in [0.2, 0.25) is 0 Å². The molecule has 528 valence electrons. The van der Waals surface area contributed by atoms with E-state index < -0.39 is 165 Å². The smallest absolute Gasteiger partial charge is 0.338 e. The summed E-state index contributed by atoms with van der Waals surface area (Å²) < 4.78 is 83.4. The van der Waals surface area contributed by atoms with Crippen LogP contribution in [0.3, 0.4) is 0 Å². The van der Waals surface area contributed by atoms with Crippen molar-refractivity contribution in [2.24, 2.45) is 0 Å². The number of amides is 2. The van der Waals surface area contributed by atoms with Crippen LogP contribution in [0.25, 0.3) is 0 Å². The lowest BCUT2D eigenvalue weighted by molar-refractivity contribution is -0.360. The second-order valence-corrected chi connectivity index (χ2v) is 23.8. The summed E-state index contributed by atoms with van der Waals surface area (Å²) in [6.07, 6.45) is -26.3. The molecule has 0 saturated carbocycles. The van der Waals surface area contributed by atoms with Crippen LogP contribution in [-0.2, 0) is 61.6 Å². The minimum Gasteiger partial charge on any atom is -0.459 e. The number of aliphatic hydroxyl groups excluding tert-OH is 2. The van der Waals surface area contributed by atoms with E-state index in [0.29, 0.717) is 0 Å². The van der Waals surface area contributed by atoms with Crippen LogP contribution in [-0.4, -0.2) is 187 Å². The maximum absolute atomic E-state index is 15.0. The SMILES string of the molecule is C=CCO[C@@H]1O[C@H](CO[C@@H]2O[C@H](COC(=O)c3ccccc3)[C@@H](O[C@@H]3O[C@H](COC(=O)c4ccccc4)[C@H](OC(=O)c4ccccc4)[C@H](OC(=O)c4ccccc4)[C@H]3OC(=O)c3ccccc3)[C@H](OC(=O)c3ccccc3)[C@H]2OC(=O)c2ccccc2)[C@@H](O)[C@H](O)[C@H]1N1C(=O)c2ccccc2C1=O. The Morgan fingerprint density at radius 2 is 0.660 bits per heavy atom. The third-order valence-electron chi connectivity index (χ3n) is 17.1. The van der Waals surface area contributed by atoms with Crippen molar-refractivity contribution >= 4 is 53.6 Å². The molecule has 8 aromatic carbocycles. The van der Waals surface area contributed by atoms with E-state index in [2.05, 4.69) is 6.58 Å². The van der Waals surface area contributed by atoms with Gasteiger partial charge in [0.05, 0.1) is 63.3 Å². The lowest BCUT2D eigenvalue weighted by Crippen LogP contribution is -2.68. The molecule has 0 spiro atoms. The van der Waals surface area contributed by atoms with Gasteiger partial charge in [-0.3, -0.25) is 14.5 Å². The highest BCUT2D eigenvalue weighted by Gasteiger charge is 2.60. The van der Waals surface area contributed by atoms with Crippen LogP contribution in [0.2, 0.25) is 0 Å². The number of carbonyl (C=O) groups excluding carboxylic acids is 9. The molecule has 4 aliphatic rings. The number of hydrogen-bond acceptors (Lipinski definition) is 24. The summed E-state index contributed by atoms with van der Waals surface area (Å²) >= 11 is 0. The molecule has 3 fully saturated rings. The second kappa shape index (κ2) is 33.4. The summed E-state index contributed by atoms with van der Waals surface area (Å²) in [6.45, 7) is 0.857. The minimum atomic E-state index is -2.22. The van der Waals surface area contributed by atoms with Crippen molar-refractivity contribution in [2.45, 2.75) is 92.1 Å². The Labute approximate surface area is 588 Å². The standard InChI is InChI=1S/C78H67NO24/c1-2-42-91-76-58(79-67(82)53-40-24-25-41-54(53)68(79)83)60(81)59(80)55(95-76)43-94-77-65(101-74(89)51-36-20-8-21-37-51)64(100-73(88)50-34-18-7-19-35-50)62(57(96-77)45-93-70(85)47-28-12-4-13-29-47)103-78-66(102-75(90)52-38-22-9-23-39-52)63(99-72(87)49-32-16-6-17-33-49)61(98-71(86)48-30-14-5-15-31-48)56(97-78)44-92-69(84)46-26-10-3-11-27-46/h2-41,55-66,76-78,80-81H,1,42-45H2/t55-,56-,57-,58-,59-,60-,61+,62-,63+,64+,65-,66-,76-,77-,78+/m1/s1. The normalized spacial score (nSPS) is 25.0. The molecule has 15 atom stereocenters. The van der Waals surface area contributed by atoms with Crippen molar-refractivity contribution in [1.82, 2.24) is 4.90 Å². The van der Waals surface area contributed by atoms with Crippen LogP contribution in [0.15, 0.2) is 249 Å². The molecule has 0 aromatic heterocycles. The second-order valence-electron chi connectivity index (χ2n) is 23.8. The van der Waals surface area contributed by atoms with Crippen molar-refractivity contribution in [3.63, 3.8) is 0 Å². The molecule has 0 unspecified atom stereocenters. The maximum atomic E-state index is 15.0. The third-order valence-corrected chi connectivity index (χ3v) is 17.1. The van der Waals surface area contributed by atoms with E-state index in [1.807, 2.05) is 0 Å². The lowest BCUT2D eigenvalue weighted by atomic mass is 9.95. The van der Waals surface area contributed by atoms with E-state index in [-0.39, 0.29) is 56.7 Å². The van der Waals surface area contributed by atoms with Crippen LogP contribution in [0.1, 0.15) is 93.2 Å². The zero-order chi connectivity index (χ0) is 71.9. The quantitative estimate of drug-likeness (QED) is 0.0237. The van der Waals surface area contributed by atoms with Gasteiger partial charge < -0.3 is 71.8 Å². The van der Waals surface area contributed by atoms with E-state index in [4.69, 9.17) is 61.6 Å². The fourth-order valence-corrected chi connectivity index (χ4v) is 12.0. The molecule has 4 aliphatic heterocycles. The van der Waals surface area contributed by atoms with Crippen molar-refractivity contribution in [2.75, 3.05) is 26.4 Å². The van der Waals surface area contributed by atoms with Crippen LogP contribution >= 0.6 is 0 Å². The minimum absolute atomic E-state index is 0.0118. The maximum Gasteiger partial charge on any atom is 0.338 e. The fraction of sp³-hybridized carbons (Fsp3) is 0.244. The fourth-order valence-electron chi connectivity index (χ4n) is 12.0. The Hall–Kier alpha value is -11.4. The van der Waals surface area contributed by atoms with Gasteiger partial charge in [0.25, 0.3) is 11.8 Å². The van der Waals surface area contributed by atoms with Crippen LogP contribution in [0.4, 0.5) is 0 Å². The van der Waals surface area contributed by atoms with Gasteiger partial charge in [0.15, 0.2) is 49.4 Å². The Morgan fingerprint density at radius 1 is 0.350 bits per heavy atom. The zero-order valence-electron chi connectivity index (χ0n) is 54.6. The number of imide groups is 1. The van der Waals surface area contributed by atoms with Gasteiger partial charge in [-0.25, -0.2) is 33.6 Å². The van der Waals surface area contributed by atoms with E-state index in [1.54, 1.807) is 103 Å². The van der Waals surface area contributed by atoms with Crippen LogP contribution < -0.4 is 0 Å². The van der Waals surface area contributed by atoms with Gasteiger partial charge in [0, 0.05) is 0 Å². The molecule has 25 heteroatoms. The number of benzene rings is 8. The van der Waals surface area contributed by atoms with E-state index in [0.717, 1.165) is 4.90 Å². The van der Waals surface area contributed by atoms with Crippen molar-refractivity contribution in [3.8, 4) is 0 Å². The summed E-state index contributed by atoms with van der Waals surface area (Å²) in [4.78, 5) is 131. The molecule has 25 nitrogen and oxygen atoms in total. The number of ether oxygens (including phenoxy) is 13. The van der Waals surface area contributed by atoms with Gasteiger partial charge in [-0.15, -0.1) is 6.58 Å². The van der Waals surface area contributed by atoms with E-state index in [9.17, 15) is 48.6 Å². The predicted octanol–water partition coefficient (Wildman–Crippen LogP) is 7.99. The predicted molar refractivity (Wildman–Crippen MR) is 357 cm³/mol. The summed E-state index contributed by atoms with van der Waals surface area (Å²) in [7, 11) is 0. The highest BCUT2D eigenvalue weighted by Crippen LogP contribution is 2.39. The molecule has 0 aliphatic carbocycles. The highest BCUT2D eigenvalue weighted by molar-refractivity contribution is 6.21. The van der Waals surface area contributed by atoms with Crippen LogP contribution in [0.5, 0.6) is 0 Å². The molecule has 8 aromatic rings. The largest absolute Gasteiger partial charge is 0.459 e. The highest BCUT2D eigenvalue weighted by atomic mass is 16.8. The van der Waals surface area contributed by atoms with Gasteiger partial charge in [-0.1, -0.05) is 146 Å². The average molecular weight is 1400 g/mol. The molecular formula is C78H67NO24. The Bertz CT molecular complexity index is 4260. The van der Waals surface area contributed by atoms with Gasteiger partial charge in [-0.2, -0.15) is 0 Å². The first-order chi connectivity index (χ1) is 50.1. The number of carbonyl (C=O) groups is 9. The van der Waals surface area contributed by atoms with Crippen molar-refractivity contribution in [1.29, 1.82) is 0 Å². The summed E-state index contributed by atoms with van der Waals surface area (Å²) in [5.74, 6) is -8.87. The number of hydrogen-bond donors (Lipinski definition) is 2. The van der Waals surface area contributed by atoms with Gasteiger partial charge in [-0.05, 0) is 97.1 Å². The first-order valence-electron chi connectivity index (χ1n) is 32.7. The molecule has 2 amide bonds. The number of nitrogens with zero attached hydrogens (tertiary/aromatic N) is 1. The van der Waals surface area contributed by atoms with E-state index in [1.165, 1.54) is 140 Å². The Morgan fingerprint density at radius 3 is 1.05 bits per heavy atom. The number of fused-ring (bicyclic) bond motifs is 1. The molecule has 2 N–H and O–H groups in total. The summed E-state index contributed by atoms with van der Waals surface area (Å²) in [5, 5.41) is 24.2. The average Bonchev–Trinajstić information content (AvgIpc) is 1.73. The molecule has 0 radical (unpaired) electrons. The number of esters is 7. The summed E-state index contributed by atoms with van der Waals surface area (Å²) in [6, 6.07) is 57.3. The van der Waals surface area contributed by atoms with Gasteiger partial charge in [0.1, 0.15) is 55.9 Å². The van der Waals surface area contributed by atoms with Crippen LogP contribution in [0, 0.1) is 0 Å². The molecule has 103 heavy (non-hydrogen) atoms. The van der Waals surface area contributed by atoms with Crippen molar-refractivity contribution < 1.29 is 115 Å². The molecule has 4 heterocycles. The summed E-state index contributed by atoms with van der Waals surface area (Å²) in [5.41, 5.74) is -0.149. The third kappa shape index (κ3) is 16.7. The Balaban J connectivity index is 0.986. The number of aliphatic hydroxyl groups is 2. The monoisotopic (exact) mass is 1400 g/mol.